The van der Waals surface area contributed by atoms with E-state index in [9.17, 15) is 4.91 Å². The Morgan fingerprint density at radius 3 is 1.89 bits per heavy atom. The second kappa shape index (κ2) is 13.5. The summed E-state index contributed by atoms with van der Waals surface area (Å²) < 4.78 is 0. The molecule has 0 N–H and O–H groups in total. The maximum atomic E-state index is 10.1. The molecule has 5 heteroatoms. The number of nitroso groups, excluding NO2 is 1. The molecule has 107 valence electrons. The maximum absolute atomic E-state index is 10.1. The molecule has 0 heterocycles. The van der Waals surface area contributed by atoms with Crippen LogP contribution in [-0.4, -0.2) is 30.3 Å². The predicted octanol–water partition coefficient (Wildman–Crippen LogP) is 3.63. The number of rotatable bonds is 5. The summed E-state index contributed by atoms with van der Waals surface area (Å²) in [6, 6.07) is 0. The van der Waals surface area contributed by atoms with Gasteiger partial charge in [0.25, 0.3) is 0 Å². The van der Waals surface area contributed by atoms with Crippen LogP contribution < -0.4 is 0 Å². The molecule has 1 aliphatic rings. The molecule has 0 unspecified atom stereocenters. The summed E-state index contributed by atoms with van der Waals surface area (Å²) in [5, 5.41) is 4.78. The van der Waals surface area contributed by atoms with Gasteiger partial charge in [-0.1, -0.05) is 25.4 Å². The van der Waals surface area contributed by atoms with Crippen molar-refractivity contribution in [2.45, 2.75) is 52.5 Å². The van der Waals surface area contributed by atoms with Crippen LogP contribution in [0.15, 0.2) is 5.18 Å². The van der Waals surface area contributed by atoms with Gasteiger partial charge in [-0.05, 0) is 26.7 Å². The molecule has 1 saturated carbocycles. The van der Waals surface area contributed by atoms with E-state index in [0.29, 0.717) is 19.7 Å². The van der Waals surface area contributed by atoms with Gasteiger partial charge >= 0.3 is 18.6 Å². The molecule has 1 fully saturated rings. The number of nitrogens with zero attached hydrogens (tertiary/aromatic N) is 2. The van der Waals surface area contributed by atoms with Gasteiger partial charge in [0, 0.05) is 0 Å². The van der Waals surface area contributed by atoms with E-state index in [4.69, 9.17) is 4.84 Å². The van der Waals surface area contributed by atoms with Crippen LogP contribution in [-0.2, 0) is 23.4 Å². The van der Waals surface area contributed by atoms with E-state index in [0.717, 1.165) is 12.8 Å². The molecular formula is C13H28N2O2V. The van der Waals surface area contributed by atoms with Crippen LogP contribution in [0, 0.1) is 18.8 Å². The molecule has 0 amide bonds. The van der Waals surface area contributed by atoms with E-state index in [1.54, 1.807) is 5.06 Å². The van der Waals surface area contributed by atoms with Crippen molar-refractivity contribution in [3.63, 3.8) is 0 Å². The van der Waals surface area contributed by atoms with Gasteiger partial charge in [0.1, 0.15) is 0 Å². The number of hydroxylamine groups is 2. The molecule has 0 spiro atoms. The fraction of sp³-hybridized carbons (Fsp3) is 0.846. The summed E-state index contributed by atoms with van der Waals surface area (Å²) in [7, 11) is 0. The van der Waals surface area contributed by atoms with Crippen molar-refractivity contribution < 1.29 is 23.4 Å². The van der Waals surface area contributed by atoms with E-state index in [-0.39, 0.29) is 31.5 Å². The van der Waals surface area contributed by atoms with E-state index >= 15 is 0 Å². The third kappa shape index (κ3) is 10.1. The maximum Gasteiger partial charge on any atom is 2.00 e. The van der Waals surface area contributed by atoms with E-state index in [1.807, 2.05) is 13.8 Å². The second-order valence-corrected chi connectivity index (χ2v) is 4.14. The summed E-state index contributed by atoms with van der Waals surface area (Å²) in [4.78, 5) is 15.1. The summed E-state index contributed by atoms with van der Waals surface area (Å²) in [5.74, 6) is 0. The van der Waals surface area contributed by atoms with Crippen LogP contribution in [0.25, 0.3) is 0 Å². The first kappa shape index (κ1) is 23.2. The zero-order valence-electron chi connectivity index (χ0n) is 11.0. The Morgan fingerprint density at radius 2 is 1.72 bits per heavy atom. The van der Waals surface area contributed by atoms with Crippen LogP contribution in [0.4, 0.5) is 0 Å². The summed E-state index contributed by atoms with van der Waals surface area (Å²) >= 11 is 0. The van der Waals surface area contributed by atoms with Crippen molar-refractivity contribution in [2.75, 3.05) is 19.7 Å². The Morgan fingerprint density at radius 1 is 1.28 bits per heavy atom. The largest absolute Gasteiger partial charge is 2.00 e. The van der Waals surface area contributed by atoms with Crippen LogP contribution in [0.3, 0.4) is 0 Å². The quantitative estimate of drug-likeness (QED) is 0.442. The van der Waals surface area contributed by atoms with Crippen LogP contribution in [0.2, 0.25) is 0 Å². The SMILES string of the molecule is C.CC1(N=O)CCCC1.[CH2-]CN(C[CH2-])OCC.[V+2]. The van der Waals surface area contributed by atoms with Gasteiger partial charge in [-0.2, -0.15) is 4.91 Å². The van der Waals surface area contributed by atoms with Gasteiger partial charge in [-0.25, -0.2) is 5.06 Å². The van der Waals surface area contributed by atoms with Crippen molar-refractivity contribution in [3.05, 3.63) is 18.8 Å². The Hall–Kier alpha value is 0.104. The Kier molecular flexibility index (Phi) is 17.5. The normalized spacial score (nSPS) is 16.1. The minimum atomic E-state index is -0.194. The molecule has 4 nitrogen and oxygen atoms in total. The third-order valence-electron chi connectivity index (χ3n) is 2.71. The summed E-state index contributed by atoms with van der Waals surface area (Å²) in [6.45, 7) is 13.2. The molecule has 0 aromatic rings. The Balaban J connectivity index is -0.000000225. The first-order valence-corrected chi connectivity index (χ1v) is 5.92. The molecule has 18 heavy (non-hydrogen) atoms. The molecule has 0 saturated heterocycles. The van der Waals surface area contributed by atoms with Crippen molar-refractivity contribution >= 4 is 0 Å². The zero-order valence-corrected chi connectivity index (χ0v) is 12.4. The summed E-state index contributed by atoms with van der Waals surface area (Å²) in [6.07, 6.45) is 4.36. The third-order valence-corrected chi connectivity index (χ3v) is 2.71. The van der Waals surface area contributed by atoms with Crippen molar-refractivity contribution in [1.82, 2.24) is 5.06 Å². The number of hydrogen-bond acceptors (Lipinski definition) is 4. The van der Waals surface area contributed by atoms with Gasteiger partial charge in [-0.15, -0.1) is 13.1 Å². The number of hydrogen-bond donors (Lipinski definition) is 0. The average Bonchev–Trinajstić information content (AvgIpc) is 2.75. The molecule has 1 rings (SSSR count). The molecular weight excluding hydrogens is 267 g/mol. The Bertz CT molecular complexity index is 182. The Labute approximate surface area is 125 Å². The fourth-order valence-electron chi connectivity index (χ4n) is 1.65. The molecule has 0 aliphatic heterocycles. The molecule has 1 radical (unpaired) electrons. The smallest absolute Gasteiger partial charge is 0.327 e. The zero-order chi connectivity index (χ0) is 12.4. The van der Waals surface area contributed by atoms with Gasteiger partial charge in [-0.3, -0.25) is 0 Å². The molecule has 0 aromatic heterocycles. The molecule has 1 aliphatic carbocycles. The van der Waals surface area contributed by atoms with E-state index in [1.165, 1.54) is 12.8 Å². The predicted molar refractivity (Wildman–Crippen MR) is 73.3 cm³/mol. The van der Waals surface area contributed by atoms with Gasteiger partial charge in [0.2, 0.25) is 0 Å². The van der Waals surface area contributed by atoms with Crippen LogP contribution in [0.1, 0.15) is 47.0 Å². The second-order valence-electron chi connectivity index (χ2n) is 4.14. The van der Waals surface area contributed by atoms with Crippen LogP contribution in [0.5, 0.6) is 0 Å². The minimum Gasteiger partial charge on any atom is -0.327 e. The van der Waals surface area contributed by atoms with Gasteiger partial charge in [0.15, 0.2) is 0 Å². The van der Waals surface area contributed by atoms with Gasteiger partial charge in [0.05, 0.1) is 12.1 Å². The first-order valence-electron chi connectivity index (χ1n) is 5.92. The van der Waals surface area contributed by atoms with Gasteiger partial charge < -0.3 is 18.7 Å². The molecule has 0 atom stereocenters. The summed E-state index contributed by atoms with van der Waals surface area (Å²) in [5.41, 5.74) is -0.194. The monoisotopic (exact) mass is 295 g/mol. The fourth-order valence-corrected chi connectivity index (χ4v) is 1.65. The topological polar surface area (TPSA) is 41.9 Å². The van der Waals surface area contributed by atoms with Crippen molar-refractivity contribution in [2.24, 2.45) is 5.18 Å². The van der Waals surface area contributed by atoms with E-state index in [2.05, 4.69) is 19.0 Å². The average molecular weight is 295 g/mol. The van der Waals surface area contributed by atoms with E-state index < -0.39 is 0 Å². The van der Waals surface area contributed by atoms with Crippen molar-refractivity contribution in [3.8, 4) is 0 Å². The first-order chi connectivity index (χ1) is 7.61. The standard InChI is InChI=1S/C6H11NO.C6H13NO.CH4.V/c1-6(7-8)4-2-3-5-6;1-4-7(5-2)8-6-3;;/h2-5H2,1H3;1-2,4-6H2,3H3;1H4;/q;-2;;+2. The van der Waals surface area contributed by atoms with Crippen LogP contribution >= 0.6 is 0 Å². The molecule has 0 bridgehead atoms. The molecule has 0 aromatic carbocycles. The minimum absolute atomic E-state index is 0. The van der Waals surface area contributed by atoms with Crippen molar-refractivity contribution in [1.29, 1.82) is 0 Å².